The minimum atomic E-state index is 0. The number of rotatable bonds is 3. The maximum atomic E-state index is 6.17. The number of terminal acetylenes is 1. The maximum absolute atomic E-state index is 6.17. The van der Waals surface area contributed by atoms with Crippen LogP contribution in [0.2, 0.25) is 5.02 Å². The lowest BCUT2D eigenvalue weighted by atomic mass is 10.3. The third kappa shape index (κ3) is 4.93. The molecule has 1 aliphatic rings. The average molecular weight is 420 g/mol. The zero-order valence-electron chi connectivity index (χ0n) is 11.8. The number of halogens is 2. The summed E-state index contributed by atoms with van der Waals surface area (Å²) in [7, 11) is 1.73. The Kier molecular flexibility index (Phi) is 7.61. The molecular formula is C14H19ClIN5. The van der Waals surface area contributed by atoms with Crippen molar-refractivity contribution in [2.45, 2.75) is 12.5 Å². The van der Waals surface area contributed by atoms with Gasteiger partial charge in [-0.05, 0) is 18.6 Å². The van der Waals surface area contributed by atoms with Gasteiger partial charge in [-0.3, -0.25) is 4.99 Å². The van der Waals surface area contributed by atoms with Crippen molar-refractivity contribution in [1.82, 2.24) is 15.6 Å². The van der Waals surface area contributed by atoms with E-state index in [0.29, 0.717) is 17.6 Å². The largest absolute Gasteiger partial charge is 0.353 e. The number of aliphatic imine (C=N–C) groups is 1. The van der Waals surface area contributed by atoms with E-state index in [1.165, 1.54) is 0 Å². The second-order valence-corrected chi connectivity index (χ2v) is 4.92. The highest BCUT2D eigenvalue weighted by Gasteiger charge is 2.25. The standard InChI is InChI=1S/C14H18ClN5.HI/c1-3-7-18-14(16-2)19-11-6-9-20(10-11)13-12(15)5-4-8-17-13;/h1,4-5,8,11H,6-7,9-10H2,2H3,(H2,16,18,19);1H. The normalized spacial score (nSPS) is 17.9. The van der Waals surface area contributed by atoms with Crippen molar-refractivity contribution in [1.29, 1.82) is 0 Å². The molecule has 1 aliphatic heterocycles. The smallest absolute Gasteiger partial charge is 0.192 e. The van der Waals surface area contributed by atoms with Crippen LogP contribution in [0, 0.1) is 12.3 Å². The molecule has 1 fully saturated rings. The summed E-state index contributed by atoms with van der Waals surface area (Å²) in [6.45, 7) is 2.22. The third-order valence-corrected chi connectivity index (χ3v) is 3.44. The lowest BCUT2D eigenvalue weighted by Crippen LogP contribution is -2.44. The van der Waals surface area contributed by atoms with Crippen LogP contribution in [-0.2, 0) is 0 Å². The van der Waals surface area contributed by atoms with E-state index in [2.05, 4.69) is 31.4 Å². The monoisotopic (exact) mass is 419 g/mol. The van der Waals surface area contributed by atoms with Crippen molar-refractivity contribution in [3.63, 3.8) is 0 Å². The van der Waals surface area contributed by atoms with Gasteiger partial charge in [-0.25, -0.2) is 4.98 Å². The summed E-state index contributed by atoms with van der Waals surface area (Å²) in [5, 5.41) is 7.09. The van der Waals surface area contributed by atoms with E-state index in [-0.39, 0.29) is 24.0 Å². The molecule has 0 radical (unpaired) electrons. The van der Waals surface area contributed by atoms with Gasteiger partial charge in [0.15, 0.2) is 5.96 Å². The molecule has 2 heterocycles. The van der Waals surface area contributed by atoms with Gasteiger partial charge in [-0.2, -0.15) is 0 Å². The molecule has 0 aromatic carbocycles. The molecule has 0 aliphatic carbocycles. The van der Waals surface area contributed by atoms with Crippen LogP contribution in [0.3, 0.4) is 0 Å². The Morgan fingerprint density at radius 2 is 2.48 bits per heavy atom. The molecule has 1 aromatic heterocycles. The highest BCUT2D eigenvalue weighted by molar-refractivity contribution is 14.0. The molecule has 0 amide bonds. The van der Waals surface area contributed by atoms with Crippen molar-refractivity contribution in [2.24, 2.45) is 4.99 Å². The van der Waals surface area contributed by atoms with Crippen molar-refractivity contribution in [3.05, 3.63) is 23.4 Å². The quantitative estimate of drug-likeness (QED) is 0.339. The third-order valence-electron chi connectivity index (χ3n) is 3.15. The fraction of sp³-hybridized carbons (Fsp3) is 0.429. The molecule has 0 spiro atoms. The van der Waals surface area contributed by atoms with E-state index in [1.54, 1.807) is 13.2 Å². The maximum Gasteiger partial charge on any atom is 0.192 e. The Morgan fingerprint density at radius 3 is 3.14 bits per heavy atom. The molecule has 1 saturated heterocycles. The van der Waals surface area contributed by atoms with Gasteiger partial charge in [0.1, 0.15) is 5.82 Å². The lowest BCUT2D eigenvalue weighted by molar-refractivity contribution is 0.654. The molecule has 5 nitrogen and oxygen atoms in total. The van der Waals surface area contributed by atoms with E-state index in [0.717, 1.165) is 31.3 Å². The molecule has 1 unspecified atom stereocenters. The molecule has 1 aromatic rings. The van der Waals surface area contributed by atoms with Crippen LogP contribution in [0.4, 0.5) is 5.82 Å². The molecule has 1 atom stereocenters. The Labute approximate surface area is 147 Å². The number of hydrogen-bond acceptors (Lipinski definition) is 3. The molecule has 0 bridgehead atoms. The van der Waals surface area contributed by atoms with E-state index in [1.807, 2.05) is 12.1 Å². The SMILES string of the molecule is C#CCNC(=NC)NC1CCN(c2ncccc2Cl)C1.I. The Morgan fingerprint density at radius 1 is 1.67 bits per heavy atom. The summed E-state index contributed by atoms with van der Waals surface area (Å²) in [4.78, 5) is 10.7. The lowest BCUT2D eigenvalue weighted by Gasteiger charge is -2.20. The van der Waals surface area contributed by atoms with Gasteiger partial charge in [-0.1, -0.05) is 17.5 Å². The van der Waals surface area contributed by atoms with Gasteiger partial charge in [0.05, 0.1) is 11.6 Å². The van der Waals surface area contributed by atoms with Crippen molar-refractivity contribution in [3.8, 4) is 12.3 Å². The van der Waals surface area contributed by atoms with Crippen LogP contribution < -0.4 is 15.5 Å². The van der Waals surface area contributed by atoms with Crippen LogP contribution in [-0.4, -0.2) is 43.7 Å². The molecule has 2 N–H and O–H groups in total. The van der Waals surface area contributed by atoms with Crippen molar-refractivity contribution >= 4 is 47.4 Å². The highest BCUT2D eigenvalue weighted by atomic mass is 127. The fourth-order valence-corrected chi connectivity index (χ4v) is 2.44. The second-order valence-electron chi connectivity index (χ2n) is 4.51. The van der Waals surface area contributed by atoms with Gasteiger partial charge in [0, 0.05) is 32.4 Å². The fourth-order valence-electron chi connectivity index (χ4n) is 2.20. The first-order valence-electron chi connectivity index (χ1n) is 6.50. The van der Waals surface area contributed by atoms with Crippen LogP contribution in [0.5, 0.6) is 0 Å². The average Bonchev–Trinajstić information content (AvgIpc) is 2.92. The first-order valence-corrected chi connectivity index (χ1v) is 6.88. The van der Waals surface area contributed by atoms with Gasteiger partial charge >= 0.3 is 0 Å². The van der Waals surface area contributed by atoms with Crippen LogP contribution in [0.15, 0.2) is 23.3 Å². The number of aromatic nitrogens is 1. The first kappa shape index (κ1) is 17.9. The predicted octanol–water partition coefficient (Wildman–Crippen LogP) is 1.73. The van der Waals surface area contributed by atoms with E-state index in [9.17, 15) is 0 Å². The van der Waals surface area contributed by atoms with Gasteiger partial charge in [0.25, 0.3) is 0 Å². The summed E-state index contributed by atoms with van der Waals surface area (Å²) >= 11 is 6.17. The van der Waals surface area contributed by atoms with E-state index < -0.39 is 0 Å². The summed E-state index contributed by atoms with van der Waals surface area (Å²) in [5.74, 6) is 4.09. The molecule has 7 heteroatoms. The minimum absolute atomic E-state index is 0. The summed E-state index contributed by atoms with van der Waals surface area (Å²) < 4.78 is 0. The first-order chi connectivity index (χ1) is 9.74. The van der Waals surface area contributed by atoms with Crippen LogP contribution in [0.25, 0.3) is 0 Å². The molecule has 21 heavy (non-hydrogen) atoms. The Hall–Kier alpha value is -1.20. The van der Waals surface area contributed by atoms with Gasteiger partial charge < -0.3 is 15.5 Å². The molecule has 114 valence electrons. The van der Waals surface area contributed by atoms with Crippen LogP contribution >= 0.6 is 35.6 Å². The minimum Gasteiger partial charge on any atom is -0.353 e. The number of guanidine groups is 1. The number of hydrogen-bond donors (Lipinski definition) is 2. The summed E-state index contributed by atoms with van der Waals surface area (Å²) in [6, 6.07) is 4.00. The molecule has 2 rings (SSSR count). The predicted molar refractivity (Wildman–Crippen MR) is 98.6 cm³/mol. The number of nitrogens with zero attached hydrogens (tertiary/aromatic N) is 3. The van der Waals surface area contributed by atoms with Crippen LogP contribution in [0.1, 0.15) is 6.42 Å². The zero-order valence-corrected chi connectivity index (χ0v) is 14.9. The molecular weight excluding hydrogens is 401 g/mol. The number of anilines is 1. The van der Waals surface area contributed by atoms with Gasteiger partial charge in [0.2, 0.25) is 0 Å². The van der Waals surface area contributed by atoms with Gasteiger partial charge in [-0.15, -0.1) is 30.4 Å². The Balaban J connectivity index is 0.00000220. The number of pyridine rings is 1. The topological polar surface area (TPSA) is 52.6 Å². The number of nitrogens with one attached hydrogen (secondary N) is 2. The zero-order chi connectivity index (χ0) is 14.4. The van der Waals surface area contributed by atoms with Crippen molar-refractivity contribution < 1.29 is 0 Å². The molecule has 0 saturated carbocycles. The summed E-state index contributed by atoms with van der Waals surface area (Å²) in [6.07, 6.45) is 7.99. The highest BCUT2D eigenvalue weighted by Crippen LogP contribution is 2.25. The van der Waals surface area contributed by atoms with Crippen molar-refractivity contribution in [2.75, 3.05) is 31.6 Å². The van der Waals surface area contributed by atoms with E-state index in [4.69, 9.17) is 18.0 Å². The van der Waals surface area contributed by atoms with E-state index >= 15 is 0 Å². The Bertz CT molecular complexity index is 528. The summed E-state index contributed by atoms with van der Waals surface area (Å²) in [5.41, 5.74) is 0. The second kappa shape index (κ2) is 8.95.